The summed E-state index contributed by atoms with van der Waals surface area (Å²) in [5.74, 6) is -0.863. The summed E-state index contributed by atoms with van der Waals surface area (Å²) < 4.78 is 16.0. The van der Waals surface area contributed by atoms with E-state index < -0.39 is 5.82 Å². The van der Waals surface area contributed by atoms with Crippen molar-refractivity contribution in [3.8, 4) is 0 Å². The molecule has 0 spiro atoms. The Kier molecular flexibility index (Phi) is 4.97. The first kappa shape index (κ1) is 20.3. The third kappa shape index (κ3) is 3.64. The summed E-state index contributed by atoms with van der Waals surface area (Å²) in [6, 6.07) is 5.67. The molecule has 3 aromatic heterocycles. The van der Waals surface area contributed by atoms with Crippen LogP contribution in [0.5, 0.6) is 0 Å². The van der Waals surface area contributed by atoms with Crippen molar-refractivity contribution in [1.82, 2.24) is 24.7 Å². The van der Waals surface area contributed by atoms with E-state index in [-0.39, 0.29) is 11.6 Å². The highest BCUT2D eigenvalue weighted by molar-refractivity contribution is 6.13. The molecule has 164 valence electrons. The fourth-order valence-corrected chi connectivity index (χ4v) is 4.49. The Bertz CT molecular complexity index is 1320. The first-order valence-corrected chi connectivity index (χ1v) is 10.6. The molecule has 32 heavy (non-hydrogen) atoms. The molecular formula is C23H24FN7O. The second-order valence-corrected chi connectivity index (χ2v) is 8.44. The van der Waals surface area contributed by atoms with E-state index in [0.29, 0.717) is 34.5 Å². The van der Waals surface area contributed by atoms with Crippen LogP contribution in [-0.4, -0.2) is 50.4 Å². The zero-order valence-corrected chi connectivity index (χ0v) is 18.1. The molecule has 1 aromatic carbocycles. The number of hydrogen-bond donors (Lipinski definition) is 2. The Morgan fingerprint density at radius 1 is 1.22 bits per heavy atom. The van der Waals surface area contributed by atoms with Crippen molar-refractivity contribution in [2.24, 2.45) is 0 Å². The van der Waals surface area contributed by atoms with Crippen LogP contribution in [0.15, 0.2) is 43.1 Å². The summed E-state index contributed by atoms with van der Waals surface area (Å²) in [4.78, 5) is 28.2. The number of carbonyl (C=O) groups excluding carboxylic acids is 1. The molecule has 2 atom stereocenters. The highest BCUT2D eigenvalue weighted by atomic mass is 19.1. The molecule has 8 nitrogen and oxygen atoms in total. The van der Waals surface area contributed by atoms with Crippen LogP contribution in [0.2, 0.25) is 0 Å². The van der Waals surface area contributed by atoms with E-state index in [4.69, 9.17) is 0 Å². The number of aryl methyl sites for hydroxylation is 1. The number of nitrogens with one attached hydrogen (secondary N) is 2. The van der Waals surface area contributed by atoms with Gasteiger partial charge in [-0.25, -0.2) is 19.3 Å². The Morgan fingerprint density at radius 3 is 2.78 bits per heavy atom. The first-order chi connectivity index (χ1) is 15.4. The molecule has 1 fully saturated rings. The molecule has 4 aromatic rings. The molecule has 2 N–H and O–H groups in total. The number of rotatable bonds is 3. The van der Waals surface area contributed by atoms with Crippen LogP contribution in [0.3, 0.4) is 0 Å². The number of benzene rings is 1. The van der Waals surface area contributed by atoms with E-state index in [2.05, 4.69) is 44.3 Å². The summed E-state index contributed by atoms with van der Waals surface area (Å²) in [7, 11) is 0. The molecule has 4 heterocycles. The number of nitrogens with zero attached hydrogens (tertiary/aromatic N) is 5. The van der Waals surface area contributed by atoms with Gasteiger partial charge in [0.2, 0.25) is 0 Å². The third-order valence-electron chi connectivity index (χ3n) is 5.68. The number of amides is 1. The van der Waals surface area contributed by atoms with Gasteiger partial charge in [-0.15, -0.1) is 0 Å². The van der Waals surface area contributed by atoms with Crippen molar-refractivity contribution in [1.29, 1.82) is 0 Å². The fraction of sp³-hybridized carbons (Fsp3) is 0.304. The van der Waals surface area contributed by atoms with Gasteiger partial charge in [0.15, 0.2) is 11.5 Å². The zero-order valence-electron chi connectivity index (χ0n) is 18.1. The van der Waals surface area contributed by atoms with Crippen LogP contribution < -0.4 is 15.5 Å². The van der Waals surface area contributed by atoms with E-state index in [0.717, 1.165) is 24.2 Å². The van der Waals surface area contributed by atoms with E-state index in [1.54, 1.807) is 36.0 Å². The lowest BCUT2D eigenvalue weighted by atomic mass is 10.0. The lowest BCUT2D eigenvalue weighted by Crippen LogP contribution is -2.54. The molecule has 1 aliphatic rings. The minimum Gasteiger partial charge on any atom is -0.368 e. The topological polar surface area (TPSA) is 87.5 Å². The predicted molar refractivity (Wildman–Crippen MR) is 122 cm³/mol. The number of fused-ring (bicyclic) bond motifs is 2. The molecule has 0 aliphatic carbocycles. The van der Waals surface area contributed by atoms with Gasteiger partial charge in [0, 0.05) is 60.9 Å². The molecular weight excluding hydrogens is 409 g/mol. The fourth-order valence-electron chi connectivity index (χ4n) is 4.49. The average Bonchev–Trinajstić information content (AvgIpc) is 3.13. The van der Waals surface area contributed by atoms with Gasteiger partial charge in [-0.05, 0) is 32.9 Å². The quantitative estimate of drug-likeness (QED) is 0.516. The second-order valence-electron chi connectivity index (χ2n) is 8.44. The monoisotopic (exact) mass is 433 g/mol. The maximum atomic E-state index is 14.4. The molecule has 5 rings (SSSR count). The van der Waals surface area contributed by atoms with Crippen LogP contribution in [-0.2, 0) is 0 Å². The number of aromatic nitrogens is 4. The zero-order chi connectivity index (χ0) is 22.4. The Morgan fingerprint density at radius 2 is 2.00 bits per heavy atom. The van der Waals surface area contributed by atoms with Crippen LogP contribution in [0.1, 0.15) is 29.9 Å². The van der Waals surface area contributed by atoms with Crippen molar-refractivity contribution < 1.29 is 9.18 Å². The molecule has 0 bridgehead atoms. The summed E-state index contributed by atoms with van der Waals surface area (Å²) >= 11 is 0. The van der Waals surface area contributed by atoms with Gasteiger partial charge in [0.1, 0.15) is 6.33 Å². The molecule has 0 saturated carbocycles. The van der Waals surface area contributed by atoms with Gasteiger partial charge < -0.3 is 19.9 Å². The van der Waals surface area contributed by atoms with Crippen LogP contribution in [0.4, 0.5) is 15.8 Å². The van der Waals surface area contributed by atoms with Crippen LogP contribution >= 0.6 is 0 Å². The number of pyridine rings is 1. The van der Waals surface area contributed by atoms with Gasteiger partial charge >= 0.3 is 0 Å². The molecule has 9 heteroatoms. The highest BCUT2D eigenvalue weighted by Gasteiger charge is 2.24. The van der Waals surface area contributed by atoms with Crippen molar-refractivity contribution in [2.75, 3.05) is 23.3 Å². The molecule has 0 radical (unpaired) electrons. The number of halogens is 1. The van der Waals surface area contributed by atoms with E-state index in [1.807, 2.05) is 6.07 Å². The van der Waals surface area contributed by atoms with Crippen molar-refractivity contribution >= 4 is 33.8 Å². The average molecular weight is 433 g/mol. The van der Waals surface area contributed by atoms with Gasteiger partial charge in [0.25, 0.3) is 5.91 Å². The Labute approximate surface area is 184 Å². The minimum atomic E-state index is -0.500. The maximum Gasteiger partial charge on any atom is 0.257 e. The van der Waals surface area contributed by atoms with Crippen LogP contribution in [0, 0.1) is 12.7 Å². The number of imidazole rings is 1. The van der Waals surface area contributed by atoms with Crippen LogP contribution in [0.25, 0.3) is 16.6 Å². The Balaban J connectivity index is 1.50. The minimum absolute atomic E-state index is 0.225. The second kappa shape index (κ2) is 7.83. The van der Waals surface area contributed by atoms with Gasteiger partial charge in [-0.1, -0.05) is 0 Å². The number of carbonyl (C=O) groups is 1. The SMILES string of the molecule is Cc1cn2cc(NC(=O)c3ccc(N4C[C@H](C)N[C@@H](C)C4)c4cncnc34)cc(F)c2n1. The number of piperazine rings is 1. The van der Waals surface area contributed by atoms with E-state index in [1.165, 1.54) is 12.4 Å². The van der Waals surface area contributed by atoms with Gasteiger partial charge in [-0.2, -0.15) is 0 Å². The largest absolute Gasteiger partial charge is 0.368 e. The summed E-state index contributed by atoms with van der Waals surface area (Å²) in [5, 5.41) is 7.14. The molecule has 1 aliphatic heterocycles. The number of anilines is 2. The van der Waals surface area contributed by atoms with Gasteiger partial charge in [-0.3, -0.25) is 4.79 Å². The summed E-state index contributed by atoms with van der Waals surface area (Å²) in [5.41, 5.74) is 3.23. The standard InChI is InChI=1S/C23H24FN7O/c1-13-8-30(9-14(2)27-13)20-5-4-17(21-18(20)7-25-12-26-21)23(32)29-16-6-19(24)22-28-15(3)10-31(22)11-16/h4-7,10-14,27H,8-9H2,1-3H3,(H,29,32)/t13-,14-/m0/s1. The molecule has 1 amide bonds. The molecule has 0 unspecified atom stereocenters. The normalized spacial score (nSPS) is 18.9. The lowest BCUT2D eigenvalue weighted by Gasteiger charge is -2.38. The lowest BCUT2D eigenvalue weighted by molar-refractivity contribution is 0.102. The van der Waals surface area contributed by atoms with Crippen molar-refractivity contribution in [2.45, 2.75) is 32.9 Å². The smallest absolute Gasteiger partial charge is 0.257 e. The first-order valence-electron chi connectivity index (χ1n) is 10.6. The summed E-state index contributed by atoms with van der Waals surface area (Å²) in [6.07, 6.45) is 6.53. The predicted octanol–water partition coefficient (Wildman–Crippen LogP) is 3.16. The molecule has 1 saturated heterocycles. The van der Waals surface area contributed by atoms with Crippen molar-refractivity contribution in [3.63, 3.8) is 0 Å². The van der Waals surface area contributed by atoms with E-state index in [9.17, 15) is 9.18 Å². The maximum absolute atomic E-state index is 14.4. The number of hydrogen-bond acceptors (Lipinski definition) is 6. The third-order valence-corrected chi connectivity index (χ3v) is 5.68. The highest BCUT2D eigenvalue weighted by Crippen LogP contribution is 2.29. The Hall–Kier alpha value is -3.59. The van der Waals surface area contributed by atoms with Crippen molar-refractivity contribution in [3.05, 3.63) is 60.2 Å². The van der Waals surface area contributed by atoms with Gasteiger partial charge in [0.05, 0.1) is 22.5 Å². The van der Waals surface area contributed by atoms with E-state index >= 15 is 0 Å². The summed E-state index contributed by atoms with van der Waals surface area (Å²) in [6.45, 7) is 7.80.